The van der Waals surface area contributed by atoms with Crippen LogP contribution < -0.4 is 0 Å². The Labute approximate surface area is 85.8 Å². The molecule has 1 aromatic rings. The summed E-state index contributed by atoms with van der Waals surface area (Å²) in [7, 11) is 1.66. The largest absolute Gasteiger partial charge is 0.354 e. The molecule has 0 unspecified atom stereocenters. The standard InChI is InChI=1S/C12H18O2/c1-12(2,13-3)14-10-9-11-7-5-4-6-8-11/h4-8H,9-10H2,1-3H3. The highest BCUT2D eigenvalue weighted by Crippen LogP contribution is 2.10. The van der Waals surface area contributed by atoms with E-state index in [2.05, 4.69) is 12.1 Å². The maximum Gasteiger partial charge on any atom is 0.162 e. The highest BCUT2D eigenvalue weighted by molar-refractivity contribution is 5.14. The van der Waals surface area contributed by atoms with Crippen molar-refractivity contribution < 1.29 is 9.47 Å². The van der Waals surface area contributed by atoms with Gasteiger partial charge in [0.05, 0.1) is 6.61 Å². The average molecular weight is 194 g/mol. The summed E-state index contributed by atoms with van der Waals surface area (Å²) >= 11 is 0. The van der Waals surface area contributed by atoms with Gasteiger partial charge in [-0.05, 0) is 25.8 Å². The molecule has 0 aliphatic carbocycles. The zero-order chi connectivity index (χ0) is 10.4. The molecule has 0 bridgehead atoms. The van der Waals surface area contributed by atoms with Crippen LogP contribution in [0, 0.1) is 0 Å². The van der Waals surface area contributed by atoms with Crippen LogP contribution in [0.4, 0.5) is 0 Å². The first kappa shape index (κ1) is 11.2. The van der Waals surface area contributed by atoms with Crippen LogP contribution in [0.1, 0.15) is 19.4 Å². The molecule has 0 saturated heterocycles. The minimum absolute atomic E-state index is 0.477. The maximum atomic E-state index is 5.56. The predicted molar refractivity (Wildman–Crippen MR) is 57.2 cm³/mol. The lowest BCUT2D eigenvalue weighted by Gasteiger charge is -2.23. The van der Waals surface area contributed by atoms with Gasteiger partial charge in [-0.1, -0.05) is 30.3 Å². The van der Waals surface area contributed by atoms with Gasteiger partial charge < -0.3 is 9.47 Å². The van der Waals surface area contributed by atoms with E-state index in [1.54, 1.807) is 7.11 Å². The molecule has 0 aliphatic heterocycles. The monoisotopic (exact) mass is 194 g/mol. The van der Waals surface area contributed by atoms with E-state index in [9.17, 15) is 0 Å². The topological polar surface area (TPSA) is 18.5 Å². The predicted octanol–water partition coefficient (Wildman–Crippen LogP) is 2.63. The Hall–Kier alpha value is -0.860. The fourth-order valence-electron chi connectivity index (χ4n) is 1.12. The van der Waals surface area contributed by atoms with Gasteiger partial charge in [0.25, 0.3) is 0 Å². The van der Waals surface area contributed by atoms with E-state index in [4.69, 9.17) is 9.47 Å². The number of ether oxygens (including phenoxy) is 2. The molecule has 0 spiro atoms. The fourth-order valence-corrected chi connectivity index (χ4v) is 1.12. The molecule has 1 aromatic carbocycles. The van der Waals surface area contributed by atoms with E-state index in [1.807, 2.05) is 32.0 Å². The van der Waals surface area contributed by atoms with Crippen LogP contribution in [0.3, 0.4) is 0 Å². The van der Waals surface area contributed by atoms with Crippen molar-refractivity contribution in [3.8, 4) is 0 Å². The third-order valence-electron chi connectivity index (χ3n) is 2.17. The Morgan fingerprint density at radius 1 is 1.14 bits per heavy atom. The summed E-state index contributed by atoms with van der Waals surface area (Å²) in [5.41, 5.74) is 1.29. The second kappa shape index (κ2) is 5.13. The molecule has 0 atom stereocenters. The lowest BCUT2D eigenvalue weighted by atomic mass is 10.2. The first-order valence-electron chi connectivity index (χ1n) is 4.87. The summed E-state index contributed by atoms with van der Waals surface area (Å²) in [6.07, 6.45) is 0.924. The van der Waals surface area contributed by atoms with Gasteiger partial charge in [0, 0.05) is 7.11 Å². The molecule has 78 valence electrons. The van der Waals surface area contributed by atoms with Gasteiger partial charge in [-0.15, -0.1) is 0 Å². The Kier molecular flexibility index (Phi) is 4.11. The Balaban J connectivity index is 2.29. The van der Waals surface area contributed by atoms with Gasteiger partial charge in [-0.3, -0.25) is 0 Å². The normalized spacial score (nSPS) is 11.6. The molecule has 0 N–H and O–H groups in total. The smallest absolute Gasteiger partial charge is 0.162 e. The molecule has 0 amide bonds. The second-order valence-corrected chi connectivity index (χ2v) is 3.69. The van der Waals surface area contributed by atoms with E-state index in [0.29, 0.717) is 6.61 Å². The minimum Gasteiger partial charge on any atom is -0.354 e. The lowest BCUT2D eigenvalue weighted by Crippen LogP contribution is -2.27. The van der Waals surface area contributed by atoms with Gasteiger partial charge in [0.15, 0.2) is 5.79 Å². The molecule has 2 heteroatoms. The van der Waals surface area contributed by atoms with Gasteiger partial charge in [-0.2, -0.15) is 0 Å². The fraction of sp³-hybridized carbons (Fsp3) is 0.500. The number of methoxy groups -OCH3 is 1. The summed E-state index contributed by atoms with van der Waals surface area (Å²) in [5, 5.41) is 0. The van der Waals surface area contributed by atoms with E-state index < -0.39 is 5.79 Å². The molecule has 2 nitrogen and oxygen atoms in total. The molecular formula is C12H18O2. The van der Waals surface area contributed by atoms with Crippen molar-refractivity contribution >= 4 is 0 Å². The van der Waals surface area contributed by atoms with Crippen molar-refractivity contribution in [1.29, 1.82) is 0 Å². The van der Waals surface area contributed by atoms with Crippen LogP contribution in [0.5, 0.6) is 0 Å². The number of hydrogen-bond donors (Lipinski definition) is 0. The minimum atomic E-state index is -0.477. The van der Waals surface area contributed by atoms with Crippen LogP contribution in [0.2, 0.25) is 0 Å². The van der Waals surface area contributed by atoms with E-state index >= 15 is 0 Å². The second-order valence-electron chi connectivity index (χ2n) is 3.69. The Morgan fingerprint density at radius 2 is 1.79 bits per heavy atom. The lowest BCUT2D eigenvalue weighted by molar-refractivity contribution is -0.196. The third kappa shape index (κ3) is 3.90. The third-order valence-corrected chi connectivity index (χ3v) is 2.17. The molecule has 0 heterocycles. The number of benzene rings is 1. The average Bonchev–Trinajstić information content (AvgIpc) is 2.19. The van der Waals surface area contributed by atoms with E-state index in [-0.39, 0.29) is 0 Å². The first-order chi connectivity index (χ1) is 6.64. The maximum absolute atomic E-state index is 5.56. The summed E-state index contributed by atoms with van der Waals surface area (Å²) in [4.78, 5) is 0. The molecular weight excluding hydrogens is 176 g/mol. The van der Waals surface area contributed by atoms with Crippen LogP contribution in [-0.4, -0.2) is 19.5 Å². The van der Waals surface area contributed by atoms with Gasteiger partial charge in [-0.25, -0.2) is 0 Å². The number of rotatable bonds is 5. The molecule has 0 fully saturated rings. The molecule has 0 aromatic heterocycles. The van der Waals surface area contributed by atoms with Gasteiger partial charge in [0.1, 0.15) is 0 Å². The quantitative estimate of drug-likeness (QED) is 0.671. The molecule has 14 heavy (non-hydrogen) atoms. The zero-order valence-electron chi connectivity index (χ0n) is 9.12. The first-order valence-corrected chi connectivity index (χ1v) is 4.87. The van der Waals surface area contributed by atoms with Crippen molar-refractivity contribution in [3.63, 3.8) is 0 Å². The van der Waals surface area contributed by atoms with Gasteiger partial charge in [0.2, 0.25) is 0 Å². The van der Waals surface area contributed by atoms with Crippen LogP contribution in [0.25, 0.3) is 0 Å². The SMILES string of the molecule is COC(C)(C)OCCc1ccccc1. The van der Waals surface area contributed by atoms with Crippen molar-refractivity contribution in [2.24, 2.45) is 0 Å². The van der Waals surface area contributed by atoms with E-state index in [0.717, 1.165) is 6.42 Å². The van der Waals surface area contributed by atoms with Crippen LogP contribution >= 0.6 is 0 Å². The van der Waals surface area contributed by atoms with E-state index in [1.165, 1.54) is 5.56 Å². The van der Waals surface area contributed by atoms with Crippen LogP contribution in [-0.2, 0) is 15.9 Å². The molecule has 0 aliphatic rings. The molecule has 0 radical (unpaired) electrons. The summed E-state index contributed by atoms with van der Waals surface area (Å²) < 4.78 is 10.7. The highest BCUT2D eigenvalue weighted by atomic mass is 16.7. The summed E-state index contributed by atoms with van der Waals surface area (Å²) in [5.74, 6) is -0.477. The van der Waals surface area contributed by atoms with Crippen molar-refractivity contribution in [2.45, 2.75) is 26.1 Å². The number of hydrogen-bond acceptors (Lipinski definition) is 2. The summed E-state index contributed by atoms with van der Waals surface area (Å²) in [6.45, 7) is 4.51. The Morgan fingerprint density at radius 3 is 2.36 bits per heavy atom. The summed E-state index contributed by atoms with van der Waals surface area (Å²) in [6, 6.07) is 10.3. The Bertz CT molecular complexity index is 254. The van der Waals surface area contributed by atoms with Crippen molar-refractivity contribution in [2.75, 3.05) is 13.7 Å². The van der Waals surface area contributed by atoms with Crippen LogP contribution in [0.15, 0.2) is 30.3 Å². The highest BCUT2D eigenvalue weighted by Gasteiger charge is 2.15. The van der Waals surface area contributed by atoms with Crippen molar-refractivity contribution in [3.05, 3.63) is 35.9 Å². The molecule has 1 rings (SSSR count). The van der Waals surface area contributed by atoms with Crippen molar-refractivity contribution in [1.82, 2.24) is 0 Å². The zero-order valence-corrected chi connectivity index (χ0v) is 9.12. The molecule has 0 saturated carbocycles. The van der Waals surface area contributed by atoms with Gasteiger partial charge >= 0.3 is 0 Å².